The van der Waals surface area contributed by atoms with Gasteiger partial charge in [0.1, 0.15) is 11.5 Å². The maximum Gasteiger partial charge on any atom is 0.270 e. The van der Waals surface area contributed by atoms with Crippen LogP contribution in [-0.4, -0.2) is 38.1 Å². The Kier molecular flexibility index (Phi) is 5.38. The van der Waals surface area contributed by atoms with E-state index in [1.165, 1.54) is 0 Å². The van der Waals surface area contributed by atoms with Gasteiger partial charge in [0.25, 0.3) is 5.91 Å². The second-order valence-corrected chi connectivity index (χ2v) is 6.98. The van der Waals surface area contributed by atoms with Crippen molar-refractivity contribution < 1.29 is 9.90 Å². The first kappa shape index (κ1) is 17.5. The number of hydrogen-bond acceptors (Lipinski definition) is 5. The molecule has 2 N–H and O–H groups in total. The molecule has 2 aromatic rings. The van der Waals surface area contributed by atoms with Crippen LogP contribution in [0.1, 0.15) is 54.5 Å². The van der Waals surface area contributed by atoms with Crippen molar-refractivity contribution in [2.45, 2.75) is 51.2 Å². The van der Waals surface area contributed by atoms with E-state index >= 15 is 0 Å². The Morgan fingerprint density at radius 1 is 1.24 bits per heavy atom. The van der Waals surface area contributed by atoms with Gasteiger partial charge in [-0.3, -0.25) is 9.78 Å². The third-order valence-electron chi connectivity index (χ3n) is 4.66. The molecule has 2 aromatic heterocycles. The van der Waals surface area contributed by atoms with Gasteiger partial charge in [-0.05, 0) is 48.9 Å². The van der Waals surface area contributed by atoms with Crippen molar-refractivity contribution in [1.82, 2.24) is 20.3 Å². The molecule has 6 heteroatoms. The van der Waals surface area contributed by atoms with E-state index < -0.39 is 0 Å². The molecule has 1 fully saturated rings. The highest BCUT2D eigenvalue weighted by atomic mass is 16.3. The molecule has 1 atom stereocenters. The molecule has 0 aliphatic heterocycles. The lowest BCUT2D eigenvalue weighted by Crippen LogP contribution is -2.48. The number of aliphatic hydroxyl groups excluding tert-OH is 1. The molecule has 1 aliphatic rings. The van der Waals surface area contributed by atoms with Gasteiger partial charge in [0.05, 0.1) is 6.10 Å². The molecule has 25 heavy (non-hydrogen) atoms. The molecule has 6 nitrogen and oxygen atoms in total. The summed E-state index contributed by atoms with van der Waals surface area (Å²) >= 11 is 0. The summed E-state index contributed by atoms with van der Waals surface area (Å²) in [7, 11) is 0. The molecule has 1 saturated carbocycles. The van der Waals surface area contributed by atoms with E-state index in [1.807, 2.05) is 26.0 Å². The number of hydrogen-bond donors (Lipinski definition) is 2. The predicted octanol–water partition coefficient (Wildman–Crippen LogP) is 2.11. The Bertz CT molecular complexity index is 714. The Morgan fingerprint density at radius 2 is 1.96 bits per heavy atom. The summed E-state index contributed by atoms with van der Waals surface area (Å²) < 4.78 is 0. The first-order valence-electron chi connectivity index (χ1n) is 8.73. The van der Waals surface area contributed by atoms with Crippen LogP contribution in [0.2, 0.25) is 0 Å². The molecule has 0 aromatic carbocycles. The highest BCUT2D eigenvalue weighted by Gasteiger charge is 2.35. The fraction of sp³-hybridized carbons (Fsp3) is 0.474. The molecule has 2 heterocycles. The number of nitrogens with one attached hydrogen (secondary N) is 1. The minimum absolute atomic E-state index is 0.0317. The molecule has 1 amide bonds. The van der Waals surface area contributed by atoms with E-state index in [2.05, 4.69) is 20.3 Å². The standard InChI is InChI=1S/C19H24N4O2/c1-12(2)18-21-8-5-16(22-18)19(25)23-17(14-10-15(24)11-14)9-13-3-6-20-7-4-13/h3-8,12,14-15,17,24H,9-11H2,1-2H3,(H,23,25). The van der Waals surface area contributed by atoms with Gasteiger partial charge < -0.3 is 10.4 Å². The summed E-state index contributed by atoms with van der Waals surface area (Å²) in [6, 6.07) is 5.52. The predicted molar refractivity (Wildman–Crippen MR) is 94.0 cm³/mol. The van der Waals surface area contributed by atoms with Gasteiger partial charge in [-0.25, -0.2) is 9.97 Å². The van der Waals surface area contributed by atoms with E-state index in [1.54, 1.807) is 24.7 Å². The SMILES string of the molecule is CC(C)c1nccc(C(=O)NC(Cc2ccncc2)C2CC(O)C2)n1. The summed E-state index contributed by atoms with van der Waals surface area (Å²) in [4.78, 5) is 25.3. The number of carbonyl (C=O) groups is 1. The van der Waals surface area contributed by atoms with Crippen LogP contribution < -0.4 is 5.32 Å². The average Bonchev–Trinajstić information content (AvgIpc) is 2.59. The fourth-order valence-corrected chi connectivity index (χ4v) is 3.09. The third kappa shape index (κ3) is 4.39. The quantitative estimate of drug-likeness (QED) is 0.841. The van der Waals surface area contributed by atoms with Crippen molar-refractivity contribution in [3.8, 4) is 0 Å². The van der Waals surface area contributed by atoms with Gasteiger partial charge in [-0.1, -0.05) is 13.8 Å². The second-order valence-electron chi connectivity index (χ2n) is 6.98. The zero-order chi connectivity index (χ0) is 17.8. The highest BCUT2D eigenvalue weighted by molar-refractivity contribution is 5.92. The molecule has 3 rings (SSSR count). The van der Waals surface area contributed by atoms with Crippen LogP contribution in [0.25, 0.3) is 0 Å². The number of aliphatic hydroxyl groups is 1. The molecular weight excluding hydrogens is 316 g/mol. The molecule has 132 valence electrons. The van der Waals surface area contributed by atoms with Gasteiger partial charge in [0.15, 0.2) is 0 Å². The van der Waals surface area contributed by atoms with E-state index in [4.69, 9.17) is 0 Å². The first-order valence-corrected chi connectivity index (χ1v) is 8.73. The van der Waals surface area contributed by atoms with Crippen molar-refractivity contribution in [1.29, 1.82) is 0 Å². The molecule has 0 spiro atoms. The van der Waals surface area contributed by atoms with Crippen molar-refractivity contribution in [2.24, 2.45) is 5.92 Å². The number of carbonyl (C=O) groups excluding carboxylic acids is 1. The van der Waals surface area contributed by atoms with E-state index in [0.717, 1.165) is 18.4 Å². The van der Waals surface area contributed by atoms with Crippen LogP contribution in [0.15, 0.2) is 36.8 Å². The number of rotatable bonds is 6. The van der Waals surface area contributed by atoms with E-state index in [9.17, 15) is 9.90 Å². The Labute approximate surface area is 147 Å². The lowest BCUT2D eigenvalue weighted by molar-refractivity contribution is 0.0238. The first-order chi connectivity index (χ1) is 12.0. The van der Waals surface area contributed by atoms with Gasteiger partial charge >= 0.3 is 0 Å². The number of nitrogens with zero attached hydrogens (tertiary/aromatic N) is 3. The minimum Gasteiger partial charge on any atom is -0.393 e. The van der Waals surface area contributed by atoms with Gasteiger partial charge in [-0.15, -0.1) is 0 Å². The van der Waals surface area contributed by atoms with E-state index in [0.29, 0.717) is 17.9 Å². The molecular formula is C19H24N4O2. The smallest absolute Gasteiger partial charge is 0.270 e. The molecule has 0 saturated heterocycles. The highest BCUT2D eigenvalue weighted by Crippen LogP contribution is 2.31. The summed E-state index contributed by atoms with van der Waals surface area (Å²) in [5.41, 5.74) is 1.51. The van der Waals surface area contributed by atoms with Crippen molar-refractivity contribution in [3.05, 3.63) is 53.9 Å². The normalized spacial score (nSPS) is 20.8. The lowest BCUT2D eigenvalue weighted by Gasteiger charge is -2.38. The third-order valence-corrected chi connectivity index (χ3v) is 4.66. The summed E-state index contributed by atoms with van der Waals surface area (Å²) in [6.07, 6.45) is 7.03. The Hall–Kier alpha value is -2.34. The van der Waals surface area contributed by atoms with E-state index in [-0.39, 0.29) is 29.9 Å². The molecule has 0 radical (unpaired) electrons. The zero-order valence-electron chi connectivity index (χ0n) is 14.6. The Balaban J connectivity index is 1.73. The van der Waals surface area contributed by atoms with Crippen molar-refractivity contribution in [3.63, 3.8) is 0 Å². The van der Waals surface area contributed by atoms with Crippen LogP contribution >= 0.6 is 0 Å². The largest absolute Gasteiger partial charge is 0.393 e. The van der Waals surface area contributed by atoms with Crippen LogP contribution in [0.4, 0.5) is 0 Å². The summed E-state index contributed by atoms with van der Waals surface area (Å²) in [5, 5.41) is 12.7. The van der Waals surface area contributed by atoms with Gasteiger partial charge in [0.2, 0.25) is 0 Å². The Morgan fingerprint density at radius 3 is 2.60 bits per heavy atom. The topological polar surface area (TPSA) is 88.0 Å². The second kappa shape index (κ2) is 7.70. The lowest BCUT2D eigenvalue weighted by atomic mass is 9.75. The molecule has 1 aliphatic carbocycles. The molecule has 1 unspecified atom stereocenters. The zero-order valence-corrected chi connectivity index (χ0v) is 14.6. The number of aromatic nitrogens is 3. The van der Waals surface area contributed by atoms with Gasteiger partial charge in [0, 0.05) is 30.6 Å². The van der Waals surface area contributed by atoms with Crippen LogP contribution in [0.5, 0.6) is 0 Å². The number of amides is 1. The average molecular weight is 340 g/mol. The monoisotopic (exact) mass is 340 g/mol. The van der Waals surface area contributed by atoms with Crippen LogP contribution in [0, 0.1) is 5.92 Å². The van der Waals surface area contributed by atoms with Crippen molar-refractivity contribution in [2.75, 3.05) is 0 Å². The van der Waals surface area contributed by atoms with Crippen LogP contribution in [-0.2, 0) is 6.42 Å². The van der Waals surface area contributed by atoms with Crippen molar-refractivity contribution >= 4 is 5.91 Å². The molecule has 0 bridgehead atoms. The van der Waals surface area contributed by atoms with Crippen LogP contribution in [0.3, 0.4) is 0 Å². The maximum atomic E-state index is 12.7. The number of pyridine rings is 1. The maximum absolute atomic E-state index is 12.7. The minimum atomic E-state index is -0.256. The summed E-state index contributed by atoms with van der Waals surface area (Å²) in [5.74, 6) is 0.919. The van der Waals surface area contributed by atoms with Gasteiger partial charge in [-0.2, -0.15) is 0 Å². The summed E-state index contributed by atoms with van der Waals surface area (Å²) in [6.45, 7) is 4.00. The fourth-order valence-electron chi connectivity index (χ4n) is 3.09.